The summed E-state index contributed by atoms with van der Waals surface area (Å²) in [6, 6.07) is 18.4. The molecule has 1 aliphatic rings. The first-order valence-electron chi connectivity index (χ1n) is 8.95. The molecule has 25 heavy (non-hydrogen) atoms. The Morgan fingerprint density at radius 1 is 1.00 bits per heavy atom. The number of hydrogen-bond acceptors (Lipinski definition) is 3. The van der Waals surface area contributed by atoms with Gasteiger partial charge in [0.25, 0.3) is 0 Å². The van der Waals surface area contributed by atoms with Crippen LogP contribution in [0.25, 0.3) is 0 Å². The van der Waals surface area contributed by atoms with Gasteiger partial charge in [-0.25, -0.2) is 8.42 Å². The van der Waals surface area contributed by atoms with Crippen LogP contribution < -0.4 is 9.62 Å². The molecule has 1 N–H and O–H groups in total. The molecule has 0 aromatic heterocycles. The van der Waals surface area contributed by atoms with Gasteiger partial charge in [-0.15, -0.1) is 0 Å². The molecule has 3 rings (SSSR count). The number of rotatable bonds is 6. The van der Waals surface area contributed by atoms with Crippen LogP contribution in [0, 0.1) is 5.92 Å². The Morgan fingerprint density at radius 2 is 1.64 bits per heavy atom. The first-order valence-corrected chi connectivity index (χ1v) is 10.6. The minimum atomic E-state index is -3.21. The van der Waals surface area contributed by atoms with E-state index in [4.69, 9.17) is 0 Å². The highest BCUT2D eigenvalue weighted by Crippen LogP contribution is 2.26. The fraction of sp³-hybridized carbons (Fsp3) is 0.400. The Bertz CT molecular complexity index is 765. The normalized spacial score (nSPS) is 16.0. The lowest BCUT2D eigenvalue weighted by molar-refractivity contribution is 0.404. The van der Waals surface area contributed by atoms with Gasteiger partial charge in [-0.1, -0.05) is 30.3 Å². The Hall–Kier alpha value is -2.01. The number of sulfonamides is 1. The van der Waals surface area contributed by atoms with Gasteiger partial charge in [-0.05, 0) is 61.9 Å². The van der Waals surface area contributed by atoms with Gasteiger partial charge in [-0.3, -0.25) is 4.72 Å². The number of nitrogens with zero attached hydrogens (tertiary/aromatic N) is 1. The summed E-state index contributed by atoms with van der Waals surface area (Å²) in [4.78, 5) is 2.39. The zero-order valence-electron chi connectivity index (χ0n) is 14.7. The second-order valence-electron chi connectivity index (χ2n) is 6.67. The van der Waals surface area contributed by atoms with Gasteiger partial charge in [0.15, 0.2) is 0 Å². The summed E-state index contributed by atoms with van der Waals surface area (Å²) in [5.41, 5.74) is 3.22. The van der Waals surface area contributed by atoms with Crippen LogP contribution >= 0.6 is 0 Å². The first kappa shape index (κ1) is 17.8. The fourth-order valence-corrected chi connectivity index (χ4v) is 3.97. The van der Waals surface area contributed by atoms with E-state index < -0.39 is 10.0 Å². The molecule has 2 aromatic rings. The molecule has 5 heteroatoms. The molecule has 1 heterocycles. The number of benzene rings is 2. The van der Waals surface area contributed by atoms with E-state index in [1.165, 1.54) is 18.4 Å². The Kier molecular flexibility index (Phi) is 5.63. The van der Waals surface area contributed by atoms with Crippen molar-refractivity contribution >= 4 is 21.4 Å². The van der Waals surface area contributed by atoms with E-state index in [9.17, 15) is 8.42 Å². The highest BCUT2D eigenvalue weighted by atomic mass is 32.2. The lowest BCUT2D eigenvalue weighted by Crippen LogP contribution is -2.34. The maximum absolute atomic E-state index is 11.6. The lowest BCUT2D eigenvalue weighted by atomic mass is 9.90. The van der Waals surface area contributed by atoms with Crippen molar-refractivity contribution in [2.45, 2.75) is 26.2 Å². The van der Waals surface area contributed by atoms with Crippen LogP contribution in [0.2, 0.25) is 0 Å². The van der Waals surface area contributed by atoms with Gasteiger partial charge in [0.2, 0.25) is 10.0 Å². The zero-order chi connectivity index (χ0) is 17.7. The summed E-state index contributed by atoms with van der Waals surface area (Å²) in [7, 11) is -3.21. The summed E-state index contributed by atoms with van der Waals surface area (Å²) >= 11 is 0. The molecule has 0 spiro atoms. The summed E-state index contributed by atoms with van der Waals surface area (Å²) in [6.07, 6.45) is 3.55. The minimum absolute atomic E-state index is 0.0870. The number of hydrogen-bond donors (Lipinski definition) is 1. The highest BCUT2D eigenvalue weighted by Gasteiger charge is 2.19. The van der Waals surface area contributed by atoms with Crippen LogP contribution in [0.3, 0.4) is 0 Å². The number of nitrogens with one attached hydrogen (secondary N) is 1. The molecule has 4 nitrogen and oxygen atoms in total. The van der Waals surface area contributed by atoms with E-state index in [1.54, 1.807) is 6.92 Å². The van der Waals surface area contributed by atoms with Crippen LogP contribution in [-0.4, -0.2) is 27.3 Å². The van der Waals surface area contributed by atoms with Crippen molar-refractivity contribution in [1.29, 1.82) is 0 Å². The summed E-state index contributed by atoms with van der Waals surface area (Å²) in [5.74, 6) is 0.832. The number of anilines is 2. The SMILES string of the molecule is CCS(=O)(=O)Nc1ccc(N2CCC(Cc3ccccc3)CC2)cc1. The second-order valence-corrected chi connectivity index (χ2v) is 8.68. The maximum Gasteiger partial charge on any atom is 0.232 e. The van der Waals surface area contributed by atoms with Crippen LogP contribution in [-0.2, 0) is 16.4 Å². The van der Waals surface area contributed by atoms with Crippen molar-refractivity contribution in [2.75, 3.05) is 28.5 Å². The quantitative estimate of drug-likeness (QED) is 0.852. The Labute approximate surface area is 150 Å². The highest BCUT2D eigenvalue weighted by molar-refractivity contribution is 7.92. The van der Waals surface area contributed by atoms with Crippen molar-refractivity contribution < 1.29 is 8.42 Å². The lowest BCUT2D eigenvalue weighted by Gasteiger charge is -2.33. The minimum Gasteiger partial charge on any atom is -0.372 e. The van der Waals surface area contributed by atoms with Gasteiger partial charge in [-0.2, -0.15) is 0 Å². The van der Waals surface area contributed by atoms with Crippen LogP contribution in [0.5, 0.6) is 0 Å². The fourth-order valence-electron chi connectivity index (χ4n) is 3.33. The molecule has 2 aromatic carbocycles. The third-order valence-electron chi connectivity index (χ3n) is 4.87. The molecule has 1 fully saturated rings. The van der Waals surface area contributed by atoms with Crippen molar-refractivity contribution in [2.24, 2.45) is 5.92 Å². The average molecular weight is 359 g/mol. The molecular weight excluding hydrogens is 332 g/mol. The summed E-state index contributed by atoms with van der Waals surface area (Å²) in [6.45, 7) is 3.74. The van der Waals surface area contributed by atoms with E-state index in [2.05, 4.69) is 40.0 Å². The molecule has 134 valence electrons. The van der Waals surface area contributed by atoms with Crippen molar-refractivity contribution in [3.05, 3.63) is 60.2 Å². The molecule has 0 bridgehead atoms. The molecule has 0 atom stereocenters. The molecule has 0 amide bonds. The predicted molar refractivity (Wildman–Crippen MR) is 105 cm³/mol. The summed E-state index contributed by atoms with van der Waals surface area (Å²) < 4.78 is 25.8. The van der Waals surface area contributed by atoms with E-state index >= 15 is 0 Å². The van der Waals surface area contributed by atoms with Crippen LogP contribution in [0.4, 0.5) is 11.4 Å². The van der Waals surface area contributed by atoms with Crippen molar-refractivity contribution in [3.63, 3.8) is 0 Å². The third kappa shape index (κ3) is 4.98. The summed E-state index contributed by atoms with van der Waals surface area (Å²) in [5, 5.41) is 0. The molecular formula is C20H26N2O2S. The van der Waals surface area contributed by atoms with Gasteiger partial charge in [0, 0.05) is 24.5 Å². The van der Waals surface area contributed by atoms with E-state index in [-0.39, 0.29) is 5.75 Å². The molecule has 1 saturated heterocycles. The molecule has 0 aliphatic carbocycles. The largest absolute Gasteiger partial charge is 0.372 e. The standard InChI is InChI=1S/C20H26N2O2S/c1-2-25(23,24)21-19-8-10-20(11-9-19)22-14-12-18(13-15-22)16-17-6-4-3-5-7-17/h3-11,18,21H,2,12-16H2,1H3. The van der Waals surface area contributed by atoms with Gasteiger partial charge in [0.05, 0.1) is 5.75 Å². The van der Waals surface area contributed by atoms with E-state index in [1.807, 2.05) is 24.3 Å². The number of piperidine rings is 1. The van der Waals surface area contributed by atoms with Crippen molar-refractivity contribution in [1.82, 2.24) is 0 Å². The van der Waals surface area contributed by atoms with E-state index in [0.29, 0.717) is 5.69 Å². The van der Waals surface area contributed by atoms with Gasteiger partial charge >= 0.3 is 0 Å². The molecule has 0 saturated carbocycles. The predicted octanol–water partition coefficient (Wildman–Crippen LogP) is 3.91. The average Bonchev–Trinajstić information content (AvgIpc) is 2.64. The molecule has 0 radical (unpaired) electrons. The van der Waals surface area contributed by atoms with Crippen molar-refractivity contribution in [3.8, 4) is 0 Å². The van der Waals surface area contributed by atoms with Crippen LogP contribution in [0.15, 0.2) is 54.6 Å². The monoisotopic (exact) mass is 358 g/mol. The van der Waals surface area contributed by atoms with E-state index in [0.717, 1.165) is 31.1 Å². The third-order valence-corrected chi connectivity index (χ3v) is 6.17. The Morgan fingerprint density at radius 3 is 2.24 bits per heavy atom. The van der Waals surface area contributed by atoms with Crippen LogP contribution in [0.1, 0.15) is 25.3 Å². The first-order chi connectivity index (χ1) is 12.1. The second kappa shape index (κ2) is 7.91. The maximum atomic E-state index is 11.6. The van der Waals surface area contributed by atoms with Gasteiger partial charge in [0.1, 0.15) is 0 Å². The molecule has 0 unspecified atom stereocenters. The zero-order valence-corrected chi connectivity index (χ0v) is 15.5. The van der Waals surface area contributed by atoms with Gasteiger partial charge < -0.3 is 4.90 Å². The smallest absolute Gasteiger partial charge is 0.232 e. The molecule has 1 aliphatic heterocycles. The Balaban J connectivity index is 1.54. The topological polar surface area (TPSA) is 49.4 Å².